The van der Waals surface area contributed by atoms with Gasteiger partial charge in [0.05, 0.1) is 6.10 Å². The number of amides is 1. The molecule has 0 aromatic rings. The molecule has 1 saturated carbocycles. The number of likely N-dealkylation sites (tertiary alicyclic amines) is 1. The number of carbonyl (C=O) groups is 1. The predicted molar refractivity (Wildman–Crippen MR) is 41.8 cm³/mol. The fraction of sp³-hybridized carbons (Fsp3) is 0.875. The molecule has 2 rings (SSSR count). The zero-order valence-electron chi connectivity index (χ0n) is 6.81. The molecule has 12 heavy (non-hydrogen) atoms. The number of carboxylic acid groups (broad SMARTS) is 1. The summed E-state index contributed by atoms with van der Waals surface area (Å²) in [5.41, 5.74) is 0. The maximum absolute atomic E-state index is 10.6. The average Bonchev–Trinajstić information content (AvgIpc) is 2.42. The molecule has 0 aromatic heterocycles. The van der Waals surface area contributed by atoms with E-state index < -0.39 is 6.09 Å². The van der Waals surface area contributed by atoms with Crippen molar-refractivity contribution in [3.05, 3.63) is 0 Å². The highest BCUT2D eigenvalue weighted by molar-refractivity contribution is 5.65. The van der Waals surface area contributed by atoms with Crippen molar-refractivity contribution in [2.45, 2.75) is 18.9 Å². The quantitative estimate of drug-likeness (QED) is 0.553. The zero-order valence-corrected chi connectivity index (χ0v) is 6.81. The third-order valence-electron chi connectivity index (χ3n) is 3.00. The Labute approximate surface area is 70.8 Å². The number of aliphatic hydroxyl groups excluding tert-OH is 1. The van der Waals surface area contributed by atoms with E-state index in [4.69, 9.17) is 5.11 Å². The maximum atomic E-state index is 10.6. The second-order valence-corrected chi connectivity index (χ2v) is 3.83. The molecule has 0 spiro atoms. The van der Waals surface area contributed by atoms with Crippen molar-refractivity contribution >= 4 is 6.09 Å². The van der Waals surface area contributed by atoms with Gasteiger partial charge >= 0.3 is 6.09 Å². The van der Waals surface area contributed by atoms with Crippen LogP contribution in [0.1, 0.15) is 12.8 Å². The van der Waals surface area contributed by atoms with Gasteiger partial charge in [-0.15, -0.1) is 0 Å². The van der Waals surface area contributed by atoms with Crippen LogP contribution >= 0.6 is 0 Å². The molecule has 2 aliphatic rings. The third kappa shape index (κ3) is 1.16. The summed E-state index contributed by atoms with van der Waals surface area (Å²) in [5.74, 6) is 0.826. The van der Waals surface area contributed by atoms with E-state index in [9.17, 15) is 9.90 Å². The lowest BCUT2D eigenvalue weighted by molar-refractivity contribution is 0.138. The monoisotopic (exact) mass is 171 g/mol. The SMILES string of the molecule is O=C(O)N1CC2CC(O)CC2C1. The van der Waals surface area contributed by atoms with E-state index in [-0.39, 0.29) is 6.10 Å². The van der Waals surface area contributed by atoms with Crippen LogP contribution in [0.15, 0.2) is 0 Å². The minimum absolute atomic E-state index is 0.184. The Hall–Kier alpha value is -0.770. The van der Waals surface area contributed by atoms with Gasteiger partial charge < -0.3 is 15.1 Å². The van der Waals surface area contributed by atoms with Gasteiger partial charge in [0, 0.05) is 13.1 Å². The number of fused-ring (bicyclic) bond motifs is 1. The van der Waals surface area contributed by atoms with E-state index in [2.05, 4.69) is 0 Å². The fourth-order valence-corrected chi connectivity index (χ4v) is 2.42. The molecule has 2 atom stereocenters. The number of hydrogen-bond acceptors (Lipinski definition) is 2. The first-order chi connectivity index (χ1) is 5.66. The number of rotatable bonds is 0. The summed E-state index contributed by atoms with van der Waals surface area (Å²) in [6.07, 6.45) is 0.568. The van der Waals surface area contributed by atoms with E-state index in [0.29, 0.717) is 24.9 Å². The van der Waals surface area contributed by atoms with E-state index >= 15 is 0 Å². The van der Waals surface area contributed by atoms with Gasteiger partial charge in [-0.25, -0.2) is 4.79 Å². The Bertz CT molecular complexity index is 192. The molecule has 1 saturated heterocycles. The van der Waals surface area contributed by atoms with Gasteiger partial charge in [0.15, 0.2) is 0 Å². The molecule has 2 unspecified atom stereocenters. The van der Waals surface area contributed by atoms with E-state index in [1.165, 1.54) is 4.90 Å². The summed E-state index contributed by atoms with van der Waals surface area (Å²) >= 11 is 0. The number of nitrogens with zero attached hydrogens (tertiary/aromatic N) is 1. The van der Waals surface area contributed by atoms with Crippen LogP contribution < -0.4 is 0 Å². The molecule has 1 aliphatic carbocycles. The largest absolute Gasteiger partial charge is 0.465 e. The van der Waals surface area contributed by atoms with Crippen molar-refractivity contribution in [2.24, 2.45) is 11.8 Å². The summed E-state index contributed by atoms with van der Waals surface area (Å²) in [6.45, 7) is 1.24. The van der Waals surface area contributed by atoms with Gasteiger partial charge in [-0.05, 0) is 24.7 Å². The van der Waals surface area contributed by atoms with E-state index in [1.54, 1.807) is 0 Å². The molecule has 68 valence electrons. The highest BCUT2D eigenvalue weighted by atomic mass is 16.4. The van der Waals surface area contributed by atoms with Crippen molar-refractivity contribution in [2.75, 3.05) is 13.1 Å². The smallest absolute Gasteiger partial charge is 0.407 e. The fourth-order valence-electron chi connectivity index (χ4n) is 2.42. The molecule has 2 fully saturated rings. The second kappa shape index (κ2) is 2.62. The molecular weight excluding hydrogens is 158 g/mol. The van der Waals surface area contributed by atoms with Gasteiger partial charge in [0.1, 0.15) is 0 Å². The van der Waals surface area contributed by atoms with Crippen LogP contribution in [0.25, 0.3) is 0 Å². The Morgan fingerprint density at radius 2 is 1.75 bits per heavy atom. The molecule has 0 radical (unpaired) electrons. The van der Waals surface area contributed by atoms with Crippen LogP contribution in [-0.2, 0) is 0 Å². The average molecular weight is 171 g/mol. The predicted octanol–water partition coefficient (Wildman–Crippen LogP) is 0.367. The van der Waals surface area contributed by atoms with E-state index in [1.807, 2.05) is 0 Å². The topological polar surface area (TPSA) is 60.8 Å². The van der Waals surface area contributed by atoms with Gasteiger partial charge in [-0.3, -0.25) is 0 Å². The summed E-state index contributed by atoms with van der Waals surface area (Å²) in [5, 5.41) is 18.0. The second-order valence-electron chi connectivity index (χ2n) is 3.83. The van der Waals surface area contributed by atoms with Crippen molar-refractivity contribution in [3.8, 4) is 0 Å². The zero-order chi connectivity index (χ0) is 8.72. The number of hydrogen-bond donors (Lipinski definition) is 2. The Morgan fingerprint density at radius 1 is 1.25 bits per heavy atom. The van der Waals surface area contributed by atoms with Gasteiger partial charge in [0.2, 0.25) is 0 Å². The molecule has 0 aromatic carbocycles. The summed E-state index contributed by atoms with van der Waals surface area (Å²) in [6, 6.07) is 0. The summed E-state index contributed by atoms with van der Waals surface area (Å²) < 4.78 is 0. The lowest BCUT2D eigenvalue weighted by Gasteiger charge is -2.13. The minimum atomic E-state index is -0.820. The first kappa shape index (κ1) is 7.86. The Kier molecular flexibility index (Phi) is 1.72. The van der Waals surface area contributed by atoms with Gasteiger partial charge in [-0.2, -0.15) is 0 Å². The molecule has 0 bridgehead atoms. The Morgan fingerprint density at radius 3 is 2.17 bits per heavy atom. The molecular formula is C8H13NO3. The highest BCUT2D eigenvalue weighted by Crippen LogP contribution is 2.37. The first-order valence-corrected chi connectivity index (χ1v) is 4.32. The normalized spacial score (nSPS) is 40.1. The molecule has 4 heteroatoms. The number of aliphatic hydroxyl groups is 1. The van der Waals surface area contributed by atoms with Crippen molar-refractivity contribution in [1.29, 1.82) is 0 Å². The molecule has 1 amide bonds. The first-order valence-electron chi connectivity index (χ1n) is 4.32. The third-order valence-corrected chi connectivity index (χ3v) is 3.00. The van der Waals surface area contributed by atoms with Crippen LogP contribution in [0.2, 0.25) is 0 Å². The lowest BCUT2D eigenvalue weighted by Crippen LogP contribution is -2.28. The molecule has 2 N–H and O–H groups in total. The summed E-state index contributed by atoms with van der Waals surface area (Å²) in [7, 11) is 0. The van der Waals surface area contributed by atoms with Crippen LogP contribution in [0.5, 0.6) is 0 Å². The van der Waals surface area contributed by atoms with Crippen molar-refractivity contribution in [3.63, 3.8) is 0 Å². The lowest BCUT2D eigenvalue weighted by atomic mass is 10.0. The minimum Gasteiger partial charge on any atom is -0.465 e. The Balaban J connectivity index is 1.98. The molecule has 4 nitrogen and oxygen atoms in total. The van der Waals surface area contributed by atoms with Gasteiger partial charge in [0.25, 0.3) is 0 Å². The highest BCUT2D eigenvalue weighted by Gasteiger charge is 2.41. The van der Waals surface area contributed by atoms with Crippen molar-refractivity contribution in [1.82, 2.24) is 4.90 Å². The van der Waals surface area contributed by atoms with Crippen LogP contribution in [0.4, 0.5) is 4.79 Å². The van der Waals surface area contributed by atoms with E-state index in [0.717, 1.165) is 12.8 Å². The van der Waals surface area contributed by atoms with Gasteiger partial charge in [-0.1, -0.05) is 0 Å². The van der Waals surface area contributed by atoms with Crippen LogP contribution in [-0.4, -0.2) is 40.4 Å². The van der Waals surface area contributed by atoms with Crippen LogP contribution in [0, 0.1) is 11.8 Å². The molecule has 1 heterocycles. The standard InChI is InChI=1S/C8H13NO3/c10-7-1-5-3-9(8(11)12)4-6(5)2-7/h5-7,10H,1-4H2,(H,11,12). The van der Waals surface area contributed by atoms with Crippen LogP contribution in [0.3, 0.4) is 0 Å². The molecule has 1 aliphatic heterocycles. The maximum Gasteiger partial charge on any atom is 0.407 e. The van der Waals surface area contributed by atoms with Crippen molar-refractivity contribution < 1.29 is 15.0 Å². The summed E-state index contributed by atoms with van der Waals surface area (Å²) in [4.78, 5) is 12.0.